The van der Waals surface area contributed by atoms with Crippen LogP contribution < -0.4 is 0 Å². The second kappa shape index (κ2) is 7.79. The van der Waals surface area contributed by atoms with Crippen molar-refractivity contribution in [3.63, 3.8) is 0 Å². The molecule has 1 amide bonds. The standard InChI is InChI=1S/C20H24N6OS/c1-24-19(21-22-20(24)28-3)18-15-13-26(12-11-16(15)25(2)23-18)17(27)10-9-14-7-5-4-6-8-14/h4-8H,9-13H2,1-3H3. The Labute approximate surface area is 168 Å². The zero-order chi connectivity index (χ0) is 19.7. The molecule has 1 aliphatic heterocycles. The molecule has 0 fully saturated rings. The molecule has 4 rings (SSSR count). The first kappa shape index (κ1) is 18.7. The van der Waals surface area contributed by atoms with E-state index in [4.69, 9.17) is 5.10 Å². The Morgan fingerprint density at radius 1 is 1.18 bits per heavy atom. The molecule has 0 bridgehead atoms. The van der Waals surface area contributed by atoms with Crippen molar-refractivity contribution in [2.45, 2.75) is 31.0 Å². The van der Waals surface area contributed by atoms with Crippen LogP contribution in [0.4, 0.5) is 0 Å². The van der Waals surface area contributed by atoms with E-state index in [1.54, 1.807) is 11.8 Å². The maximum absolute atomic E-state index is 12.8. The SMILES string of the molecule is CSc1nnc(-c2nn(C)c3c2CN(C(=O)CCc2ccccc2)CC3)n1C. The summed E-state index contributed by atoms with van der Waals surface area (Å²) >= 11 is 1.56. The molecule has 0 saturated heterocycles. The lowest BCUT2D eigenvalue weighted by Gasteiger charge is -2.27. The summed E-state index contributed by atoms with van der Waals surface area (Å²) in [6, 6.07) is 10.2. The van der Waals surface area contributed by atoms with Crippen molar-refractivity contribution in [2.24, 2.45) is 14.1 Å². The van der Waals surface area contributed by atoms with Crippen LogP contribution in [0.15, 0.2) is 35.5 Å². The monoisotopic (exact) mass is 396 g/mol. The summed E-state index contributed by atoms with van der Waals surface area (Å²) in [6.45, 7) is 1.31. The molecule has 146 valence electrons. The van der Waals surface area contributed by atoms with Gasteiger partial charge in [-0.2, -0.15) is 5.10 Å². The Kier molecular flexibility index (Phi) is 5.21. The maximum Gasteiger partial charge on any atom is 0.223 e. The minimum Gasteiger partial charge on any atom is -0.338 e. The second-order valence-electron chi connectivity index (χ2n) is 7.02. The molecular formula is C20H24N6OS. The summed E-state index contributed by atoms with van der Waals surface area (Å²) in [7, 11) is 3.91. The average molecular weight is 397 g/mol. The smallest absolute Gasteiger partial charge is 0.223 e. The number of fused-ring (bicyclic) bond motifs is 1. The second-order valence-corrected chi connectivity index (χ2v) is 7.79. The Bertz CT molecular complexity index is 994. The third-order valence-corrected chi connectivity index (χ3v) is 6.02. The van der Waals surface area contributed by atoms with Gasteiger partial charge < -0.3 is 9.47 Å². The van der Waals surface area contributed by atoms with E-state index in [1.165, 1.54) is 11.3 Å². The van der Waals surface area contributed by atoms with Crippen molar-refractivity contribution in [3.05, 3.63) is 47.2 Å². The van der Waals surface area contributed by atoms with Gasteiger partial charge in [0, 0.05) is 51.3 Å². The number of aryl methyl sites for hydroxylation is 2. The Hall–Kier alpha value is -2.61. The molecule has 3 aromatic rings. The molecule has 3 heterocycles. The fourth-order valence-electron chi connectivity index (χ4n) is 3.74. The lowest BCUT2D eigenvalue weighted by molar-refractivity contribution is -0.132. The highest BCUT2D eigenvalue weighted by atomic mass is 32.2. The van der Waals surface area contributed by atoms with Crippen LogP contribution in [-0.2, 0) is 38.3 Å². The number of hydrogen-bond donors (Lipinski definition) is 0. The third-order valence-electron chi connectivity index (χ3n) is 5.29. The lowest BCUT2D eigenvalue weighted by Crippen LogP contribution is -2.36. The number of amides is 1. The summed E-state index contributed by atoms with van der Waals surface area (Å²) < 4.78 is 3.88. The molecule has 0 saturated carbocycles. The molecule has 28 heavy (non-hydrogen) atoms. The average Bonchev–Trinajstić information content (AvgIpc) is 3.25. The largest absolute Gasteiger partial charge is 0.338 e. The Morgan fingerprint density at radius 3 is 2.68 bits per heavy atom. The van der Waals surface area contributed by atoms with Crippen LogP contribution in [0.5, 0.6) is 0 Å². The van der Waals surface area contributed by atoms with E-state index in [0.29, 0.717) is 13.0 Å². The maximum atomic E-state index is 12.8. The van der Waals surface area contributed by atoms with Crippen LogP contribution >= 0.6 is 11.8 Å². The number of carbonyl (C=O) groups excluding carboxylic acids is 1. The number of nitrogens with zero attached hydrogens (tertiary/aromatic N) is 6. The summed E-state index contributed by atoms with van der Waals surface area (Å²) in [5, 5.41) is 14.1. The molecule has 0 unspecified atom stereocenters. The molecule has 0 atom stereocenters. The van der Waals surface area contributed by atoms with Gasteiger partial charge in [0.05, 0.1) is 0 Å². The fourth-order valence-corrected chi connectivity index (χ4v) is 4.22. The molecule has 2 aromatic heterocycles. The molecule has 0 N–H and O–H groups in total. The van der Waals surface area contributed by atoms with Crippen molar-refractivity contribution in [1.29, 1.82) is 0 Å². The summed E-state index contributed by atoms with van der Waals surface area (Å²) in [5.74, 6) is 0.937. The molecule has 1 aliphatic rings. The normalized spacial score (nSPS) is 13.6. The van der Waals surface area contributed by atoms with Crippen LogP contribution in [0.2, 0.25) is 0 Å². The van der Waals surface area contributed by atoms with Gasteiger partial charge in [-0.25, -0.2) is 0 Å². The van der Waals surface area contributed by atoms with Crippen molar-refractivity contribution < 1.29 is 4.79 Å². The molecular weight excluding hydrogens is 372 g/mol. The Balaban J connectivity index is 1.54. The fraction of sp³-hybridized carbons (Fsp3) is 0.400. The van der Waals surface area contributed by atoms with Gasteiger partial charge in [-0.1, -0.05) is 42.1 Å². The van der Waals surface area contributed by atoms with E-state index in [2.05, 4.69) is 22.3 Å². The summed E-state index contributed by atoms with van der Waals surface area (Å²) in [6.07, 6.45) is 4.08. The van der Waals surface area contributed by atoms with Crippen LogP contribution in [-0.4, -0.2) is 48.2 Å². The highest BCUT2D eigenvalue weighted by Crippen LogP contribution is 2.30. The number of aromatic nitrogens is 5. The summed E-state index contributed by atoms with van der Waals surface area (Å²) in [5.41, 5.74) is 4.29. The topological polar surface area (TPSA) is 68.8 Å². The number of hydrogen-bond acceptors (Lipinski definition) is 5. The van der Waals surface area contributed by atoms with Gasteiger partial charge in [0.1, 0.15) is 5.69 Å². The lowest BCUT2D eigenvalue weighted by atomic mass is 10.0. The number of benzene rings is 1. The predicted molar refractivity (Wildman–Crippen MR) is 109 cm³/mol. The van der Waals surface area contributed by atoms with Crippen molar-refractivity contribution >= 4 is 17.7 Å². The molecule has 0 spiro atoms. The third kappa shape index (κ3) is 3.44. The molecule has 7 nitrogen and oxygen atoms in total. The van der Waals surface area contributed by atoms with Gasteiger partial charge in [0.15, 0.2) is 11.0 Å². The van der Waals surface area contributed by atoms with Crippen molar-refractivity contribution in [3.8, 4) is 11.5 Å². The van der Waals surface area contributed by atoms with E-state index < -0.39 is 0 Å². The van der Waals surface area contributed by atoms with Crippen LogP contribution in [0.1, 0.15) is 23.2 Å². The quantitative estimate of drug-likeness (QED) is 0.620. The van der Waals surface area contributed by atoms with E-state index in [1.807, 2.05) is 52.7 Å². The van der Waals surface area contributed by atoms with E-state index >= 15 is 0 Å². The van der Waals surface area contributed by atoms with Gasteiger partial charge >= 0.3 is 0 Å². The van der Waals surface area contributed by atoms with E-state index in [0.717, 1.165) is 41.6 Å². The predicted octanol–water partition coefficient (Wildman–Crippen LogP) is 2.46. The highest BCUT2D eigenvalue weighted by Gasteiger charge is 2.29. The van der Waals surface area contributed by atoms with E-state index in [9.17, 15) is 4.79 Å². The van der Waals surface area contributed by atoms with Crippen LogP contribution in [0.3, 0.4) is 0 Å². The van der Waals surface area contributed by atoms with Crippen LogP contribution in [0.25, 0.3) is 11.5 Å². The van der Waals surface area contributed by atoms with Gasteiger partial charge in [0.25, 0.3) is 0 Å². The van der Waals surface area contributed by atoms with E-state index in [-0.39, 0.29) is 5.91 Å². The first-order valence-electron chi connectivity index (χ1n) is 9.38. The van der Waals surface area contributed by atoms with Gasteiger partial charge in [-0.3, -0.25) is 9.48 Å². The van der Waals surface area contributed by atoms with Gasteiger partial charge in [0.2, 0.25) is 5.91 Å². The van der Waals surface area contributed by atoms with Crippen molar-refractivity contribution in [1.82, 2.24) is 29.4 Å². The molecule has 1 aromatic carbocycles. The molecule has 8 heteroatoms. The van der Waals surface area contributed by atoms with Crippen LogP contribution in [0, 0.1) is 0 Å². The van der Waals surface area contributed by atoms with Gasteiger partial charge in [-0.05, 0) is 18.2 Å². The highest BCUT2D eigenvalue weighted by molar-refractivity contribution is 7.98. The number of rotatable bonds is 5. The molecule has 0 aliphatic carbocycles. The van der Waals surface area contributed by atoms with Crippen molar-refractivity contribution in [2.75, 3.05) is 12.8 Å². The number of thioether (sulfide) groups is 1. The Morgan fingerprint density at radius 2 is 1.96 bits per heavy atom. The first-order valence-corrected chi connectivity index (χ1v) is 10.6. The first-order chi connectivity index (χ1) is 13.6. The minimum atomic E-state index is 0.187. The molecule has 0 radical (unpaired) electrons. The number of carbonyl (C=O) groups is 1. The zero-order valence-electron chi connectivity index (χ0n) is 16.4. The minimum absolute atomic E-state index is 0.187. The summed E-state index contributed by atoms with van der Waals surface area (Å²) in [4.78, 5) is 14.8. The van der Waals surface area contributed by atoms with Gasteiger partial charge in [-0.15, -0.1) is 10.2 Å². The zero-order valence-corrected chi connectivity index (χ0v) is 17.2.